The van der Waals surface area contributed by atoms with Crippen LogP contribution in [-0.4, -0.2) is 59.5 Å². The monoisotopic (exact) mass is 437 g/mol. The summed E-state index contributed by atoms with van der Waals surface area (Å²) in [7, 11) is -6.48. The Morgan fingerprint density at radius 1 is 1.29 bits per heavy atom. The number of hydrogen-bond donors (Lipinski definition) is 2. The van der Waals surface area contributed by atoms with Gasteiger partial charge in [-0.1, -0.05) is 12.1 Å². The number of nitrogens with one attached hydrogen (secondary N) is 1. The normalized spacial score (nSPS) is 22.9. The summed E-state index contributed by atoms with van der Waals surface area (Å²) in [5, 5.41) is 5.04. The molecule has 3 N–H and O–H groups in total. The molecule has 1 fully saturated rings. The maximum absolute atomic E-state index is 12.6. The van der Waals surface area contributed by atoms with Gasteiger partial charge in [0.05, 0.1) is 26.0 Å². The molecule has 13 heteroatoms. The molecule has 1 aromatic carbocycles. The zero-order chi connectivity index (χ0) is 21.2. The number of hydrogen-bond acceptors (Lipinski definition) is 8. The highest BCUT2D eigenvalue weighted by Gasteiger charge is 2.48. The molecule has 0 aliphatic carbocycles. The van der Waals surface area contributed by atoms with Crippen LogP contribution in [0, 0.1) is 0 Å². The van der Waals surface area contributed by atoms with Gasteiger partial charge in [-0.25, -0.2) is 9.93 Å². The number of likely N-dealkylation sites (tertiary alicyclic amines) is 1. The first-order chi connectivity index (χ1) is 12.8. The predicted octanol–water partition coefficient (Wildman–Crippen LogP) is -0.108. The smallest absolute Gasteiger partial charge is 0.411 e. The largest absolute Gasteiger partial charge is 0.497 e. The number of benzene rings is 1. The molecule has 1 saturated heterocycles. The van der Waals surface area contributed by atoms with Crippen molar-refractivity contribution < 1.29 is 35.3 Å². The second-order valence-corrected chi connectivity index (χ2v) is 9.46. The van der Waals surface area contributed by atoms with Gasteiger partial charge < -0.3 is 9.47 Å². The van der Waals surface area contributed by atoms with Crippen LogP contribution < -0.4 is 14.6 Å². The number of carbonyl (C=O) groups excluding carboxylic acids is 1. The number of amides is 1. The highest BCUT2D eigenvalue weighted by atomic mass is 32.2. The molecule has 158 valence electrons. The fraction of sp³-hybridized carbons (Fsp3) is 0.533. The molecule has 1 aromatic rings. The second-order valence-electron chi connectivity index (χ2n) is 6.56. The third-order valence-corrected chi connectivity index (χ3v) is 5.37. The van der Waals surface area contributed by atoms with E-state index in [1.54, 1.807) is 24.3 Å². The zero-order valence-corrected chi connectivity index (χ0v) is 17.2. The van der Waals surface area contributed by atoms with Gasteiger partial charge in [-0.3, -0.25) is 9.08 Å². The molecule has 1 aliphatic rings. The van der Waals surface area contributed by atoms with Crippen LogP contribution in [0.25, 0.3) is 0 Å². The van der Waals surface area contributed by atoms with E-state index in [1.807, 2.05) is 0 Å². The lowest BCUT2D eigenvalue weighted by Crippen LogP contribution is -2.58. The average Bonchev–Trinajstić information content (AvgIpc) is 2.84. The van der Waals surface area contributed by atoms with Crippen molar-refractivity contribution in [3.63, 3.8) is 0 Å². The third-order valence-electron chi connectivity index (χ3n) is 4.02. The molecule has 0 aromatic heterocycles. The van der Waals surface area contributed by atoms with Crippen LogP contribution >= 0.6 is 0 Å². The fourth-order valence-electron chi connectivity index (χ4n) is 2.96. The molecular formula is C15H23N3O8S2. The number of rotatable bonds is 7. The van der Waals surface area contributed by atoms with Crippen molar-refractivity contribution in [3.8, 4) is 5.75 Å². The van der Waals surface area contributed by atoms with Crippen LogP contribution in [0.5, 0.6) is 5.75 Å². The Hall–Kier alpha value is -1.93. The molecule has 0 bridgehead atoms. The quantitative estimate of drug-likeness (QED) is 0.560. The number of nitrogens with zero attached hydrogens (tertiary/aromatic N) is 1. The molecule has 2 rings (SSSR count). The van der Waals surface area contributed by atoms with E-state index in [4.69, 9.17) is 18.8 Å². The Morgan fingerprint density at radius 2 is 1.89 bits per heavy atom. The molecule has 11 nitrogen and oxygen atoms in total. The van der Waals surface area contributed by atoms with E-state index in [9.17, 15) is 21.6 Å². The Labute approximate surface area is 164 Å². The van der Waals surface area contributed by atoms with E-state index in [0.717, 1.165) is 11.2 Å². The maximum Gasteiger partial charge on any atom is 0.411 e. The Balaban J connectivity index is 2.13. The van der Waals surface area contributed by atoms with Crippen molar-refractivity contribution >= 4 is 26.4 Å². The summed E-state index contributed by atoms with van der Waals surface area (Å²) in [6, 6.07) is 6.80. The topological polar surface area (TPSA) is 154 Å². The van der Waals surface area contributed by atoms with Crippen LogP contribution in [-0.2, 0) is 35.9 Å². The minimum Gasteiger partial charge on any atom is -0.497 e. The molecule has 1 amide bonds. The molecule has 0 radical (unpaired) electrons. The summed E-state index contributed by atoms with van der Waals surface area (Å²) in [6.45, 7) is 1.10. The van der Waals surface area contributed by atoms with Gasteiger partial charge in [-0.05, 0) is 24.6 Å². The first-order valence-electron chi connectivity index (χ1n) is 8.08. The molecular weight excluding hydrogens is 414 g/mol. The van der Waals surface area contributed by atoms with Gasteiger partial charge in [0.1, 0.15) is 18.0 Å². The zero-order valence-electron chi connectivity index (χ0n) is 15.6. The fourth-order valence-corrected chi connectivity index (χ4v) is 4.39. The lowest BCUT2D eigenvalue weighted by Gasteiger charge is -2.33. The lowest BCUT2D eigenvalue weighted by molar-refractivity contribution is 0.0659. The van der Waals surface area contributed by atoms with E-state index in [0.29, 0.717) is 11.3 Å². The van der Waals surface area contributed by atoms with Crippen molar-refractivity contribution in [2.24, 2.45) is 5.14 Å². The van der Waals surface area contributed by atoms with Crippen LogP contribution in [0.3, 0.4) is 0 Å². The van der Waals surface area contributed by atoms with Gasteiger partial charge in [0.15, 0.2) is 0 Å². The summed E-state index contributed by atoms with van der Waals surface area (Å²) >= 11 is 0. The molecule has 2 atom stereocenters. The van der Waals surface area contributed by atoms with E-state index < -0.39 is 38.2 Å². The van der Waals surface area contributed by atoms with Crippen LogP contribution in [0.15, 0.2) is 24.3 Å². The van der Waals surface area contributed by atoms with E-state index in [-0.39, 0.29) is 19.6 Å². The van der Waals surface area contributed by atoms with Gasteiger partial charge in [-0.15, -0.1) is 0 Å². The second kappa shape index (κ2) is 8.21. The highest BCUT2D eigenvalue weighted by Crippen LogP contribution is 2.30. The SMILES string of the molecule is COc1ccc(COC(=O)N2C[C@H](OS(C)(=O)=O)C[C@]2(C)NS(N)(=O)=O)cc1. The van der Waals surface area contributed by atoms with Gasteiger partial charge in [-0.2, -0.15) is 21.6 Å². The van der Waals surface area contributed by atoms with Gasteiger partial charge in [0, 0.05) is 6.42 Å². The minimum atomic E-state index is -4.19. The number of ether oxygens (including phenoxy) is 2. The Bertz CT molecular complexity index is 917. The summed E-state index contributed by atoms with van der Waals surface area (Å²) in [6.07, 6.45) is -1.08. The Morgan fingerprint density at radius 3 is 2.39 bits per heavy atom. The molecule has 0 unspecified atom stereocenters. The summed E-state index contributed by atoms with van der Waals surface area (Å²) < 4.78 is 63.1. The molecule has 1 heterocycles. The van der Waals surface area contributed by atoms with E-state index in [2.05, 4.69) is 4.72 Å². The first kappa shape index (κ1) is 22.4. The number of methoxy groups -OCH3 is 1. The number of nitrogens with two attached hydrogens (primary N) is 1. The Kier molecular flexibility index (Phi) is 6.55. The van der Waals surface area contributed by atoms with Crippen LogP contribution in [0.1, 0.15) is 18.9 Å². The van der Waals surface area contributed by atoms with Gasteiger partial charge >= 0.3 is 6.09 Å². The predicted molar refractivity (Wildman–Crippen MR) is 98.9 cm³/mol. The minimum absolute atomic E-state index is 0.0810. The third kappa shape index (κ3) is 6.31. The van der Waals surface area contributed by atoms with Crippen molar-refractivity contribution in [1.82, 2.24) is 9.62 Å². The van der Waals surface area contributed by atoms with Gasteiger partial charge in [0.2, 0.25) is 0 Å². The van der Waals surface area contributed by atoms with Crippen molar-refractivity contribution in [2.75, 3.05) is 19.9 Å². The lowest BCUT2D eigenvalue weighted by atomic mass is 10.1. The van der Waals surface area contributed by atoms with Gasteiger partial charge in [0.25, 0.3) is 20.3 Å². The van der Waals surface area contributed by atoms with Crippen LogP contribution in [0.4, 0.5) is 4.79 Å². The summed E-state index contributed by atoms with van der Waals surface area (Å²) in [5.41, 5.74) is -0.835. The standard InChI is InChI=1S/C15H23N3O8S2/c1-15(17-28(16,22)23)8-13(26-27(3,20)21)9-18(15)14(19)25-10-11-4-6-12(24-2)7-5-11/h4-7,13,17H,8-10H2,1-3H3,(H2,16,22,23)/t13-,15-/m1/s1. The molecule has 28 heavy (non-hydrogen) atoms. The highest BCUT2D eigenvalue weighted by molar-refractivity contribution is 7.87. The van der Waals surface area contributed by atoms with Crippen molar-refractivity contribution in [3.05, 3.63) is 29.8 Å². The van der Waals surface area contributed by atoms with Crippen molar-refractivity contribution in [2.45, 2.75) is 31.7 Å². The molecule has 0 saturated carbocycles. The van der Waals surface area contributed by atoms with Crippen molar-refractivity contribution in [1.29, 1.82) is 0 Å². The summed E-state index contributed by atoms with van der Waals surface area (Å²) in [5.74, 6) is 0.639. The molecule has 0 spiro atoms. The first-order valence-corrected chi connectivity index (χ1v) is 11.4. The average molecular weight is 437 g/mol. The van der Waals surface area contributed by atoms with Crippen LogP contribution in [0.2, 0.25) is 0 Å². The molecule has 1 aliphatic heterocycles. The van der Waals surface area contributed by atoms with E-state index in [1.165, 1.54) is 14.0 Å². The van der Waals surface area contributed by atoms with E-state index >= 15 is 0 Å². The maximum atomic E-state index is 12.6. The number of carbonyl (C=O) groups is 1. The summed E-state index contributed by atoms with van der Waals surface area (Å²) in [4.78, 5) is 13.6.